The van der Waals surface area contributed by atoms with Crippen LogP contribution in [0, 0.1) is 17.8 Å². The molecule has 0 spiro atoms. The van der Waals surface area contributed by atoms with Crippen molar-refractivity contribution in [2.24, 2.45) is 17.8 Å². The first kappa shape index (κ1) is 14.5. The molecule has 0 saturated heterocycles. The fraction of sp³-hybridized carbons (Fsp3) is 0.875. The minimum atomic E-state index is -0.788. The summed E-state index contributed by atoms with van der Waals surface area (Å²) in [7, 11) is 0. The van der Waals surface area contributed by atoms with Crippen LogP contribution in [0.4, 0.5) is 0 Å². The molecule has 0 bridgehead atoms. The molecule has 108 valence electrons. The molecule has 0 amide bonds. The summed E-state index contributed by atoms with van der Waals surface area (Å²) in [5.74, 6) is 1.17. The molecule has 2 aliphatic rings. The van der Waals surface area contributed by atoms with Gasteiger partial charge in [0.1, 0.15) is 5.78 Å². The Morgan fingerprint density at radius 3 is 2.21 bits per heavy atom. The van der Waals surface area contributed by atoms with E-state index in [0.29, 0.717) is 24.5 Å². The van der Waals surface area contributed by atoms with Gasteiger partial charge >= 0.3 is 5.97 Å². The van der Waals surface area contributed by atoms with Gasteiger partial charge in [-0.05, 0) is 31.1 Å². The van der Waals surface area contributed by atoms with Crippen LogP contribution in [0.25, 0.3) is 0 Å². The van der Waals surface area contributed by atoms with E-state index in [4.69, 9.17) is 5.11 Å². The average Bonchev–Trinajstić information content (AvgIpc) is 2.60. The van der Waals surface area contributed by atoms with E-state index in [-0.39, 0.29) is 12.3 Å². The van der Waals surface area contributed by atoms with Gasteiger partial charge in [0.25, 0.3) is 0 Å². The first-order valence-corrected chi connectivity index (χ1v) is 7.93. The highest BCUT2D eigenvalue weighted by atomic mass is 16.4. The Bertz CT molecular complexity index is 324. The van der Waals surface area contributed by atoms with Gasteiger partial charge in [-0.3, -0.25) is 9.59 Å². The summed E-state index contributed by atoms with van der Waals surface area (Å²) >= 11 is 0. The maximum Gasteiger partial charge on any atom is 0.303 e. The third kappa shape index (κ3) is 4.05. The topological polar surface area (TPSA) is 54.4 Å². The Morgan fingerprint density at radius 1 is 0.895 bits per heavy atom. The van der Waals surface area contributed by atoms with Gasteiger partial charge in [-0.1, -0.05) is 38.5 Å². The summed E-state index contributed by atoms with van der Waals surface area (Å²) < 4.78 is 0. The number of ketones is 1. The predicted octanol–water partition coefficient (Wildman–Crippen LogP) is 3.81. The lowest BCUT2D eigenvalue weighted by Gasteiger charge is -2.34. The molecule has 2 saturated carbocycles. The Kier molecular flexibility index (Phi) is 5.41. The zero-order chi connectivity index (χ0) is 13.7. The minimum Gasteiger partial charge on any atom is -0.481 e. The Labute approximate surface area is 115 Å². The molecule has 0 heterocycles. The molecular formula is C16H26O3. The molecule has 2 fully saturated rings. The molecule has 0 aromatic rings. The quantitative estimate of drug-likeness (QED) is 0.823. The number of carboxylic acid groups (broad SMARTS) is 1. The van der Waals surface area contributed by atoms with Crippen LogP contribution < -0.4 is 0 Å². The number of hydrogen-bond donors (Lipinski definition) is 1. The molecule has 3 atom stereocenters. The molecular weight excluding hydrogens is 240 g/mol. The highest BCUT2D eigenvalue weighted by Crippen LogP contribution is 2.43. The number of carbonyl (C=O) groups is 2. The van der Waals surface area contributed by atoms with Crippen molar-refractivity contribution in [3.63, 3.8) is 0 Å². The minimum absolute atomic E-state index is 0.132. The lowest BCUT2D eigenvalue weighted by atomic mass is 9.70. The molecule has 3 heteroatoms. The van der Waals surface area contributed by atoms with E-state index in [2.05, 4.69) is 0 Å². The van der Waals surface area contributed by atoms with Gasteiger partial charge in [0.2, 0.25) is 0 Å². The van der Waals surface area contributed by atoms with Crippen LogP contribution in [-0.2, 0) is 9.59 Å². The van der Waals surface area contributed by atoms with Crippen molar-refractivity contribution >= 4 is 11.8 Å². The largest absolute Gasteiger partial charge is 0.481 e. The van der Waals surface area contributed by atoms with Crippen LogP contribution >= 0.6 is 0 Å². The van der Waals surface area contributed by atoms with Crippen molar-refractivity contribution in [1.82, 2.24) is 0 Å². The number of fused-ring (bicyclic) bond motifs is 1. The molecule has 3 nitrogen and oxygen atoms in total. The van der Waals surface area contributed by atoms with Crippen molar-refractivity contribution in [1.29, 1.82) is 0 Å². The van der Waals surface area contributed by atoms with Crippen molar-refractivity contribution in [2.45, 2.75) is 70.6 Å². The SMILES string of the molecule is O=C(O)CCCC(=O)C1CCCCC2CCCCC21. The molecule has 0 radical (unpaired) electrons. The van der Waals surface area contributed by atoms with E-state index in [1.54, 1.807) is 0 Å². The van der Waals surface area contributed by atoms with Gasteiger partial charge in [0.05, 0.1) is 0 Å². The van der Waals surface area contributed by atoms with Gasteiger partial charge in [-0.25, -0.2) is 0 Å². The van der Waals surface area contributed by atoms with Gasteiger partial charge in [0.15, 0.2) is 0 Å². The van der Waals surface area contributed by atoms with Crippen LogP contribution in [0.1, 0.15) is 70.6 Å². The van der Waals surface area contributed by atoms with Gasteiger partial charge in [-0.2, -0.15) is 0 Å². The summed E-state index contributed by atoms with van der Waals surface area (Å²) in [5, 5.41) is 8.66. The third-order valence-electron chi connectivity index (χ3n) is 5.05. The Balaban J connectivity index is 1.91. The molecule has 3 unspecified atom stereocenters. The maximum absolute atomic E-state index is 12.4. The number of aliphatic carboxylic acids is 1. The number of hydrogen-bond acceptors (Lipinski definition) is 2. The van der Waals surface area contributed by atoms with E-state index in [0.717, 1.165) is 12.3 Å². The van der Waals surface area contributed by atoms with E-state index in [9.17, 15) is 9.59 Å². The zero-order valence-electron chi connectivity index (χ0n) is 11.8. The van der Waals surface area contributed by atoms with Crippen LogP contribution in [0.2, 0.25) is 0 Å². The zero-order valence-corrected chi connectivity index (χ0v) is 11.8. The molecule has 0 aliphatic heterocycles. The molecule has 0 aromatic heterocycles. The standard InChI is InChI=1S/C16H26O3/c17-15(10-5-11-16(18)19)14-9-4-2-7-12-6-1-3-8-13(12)14/h12-14H,1-11H2,(H,18,19). The van der Waals surface area contributed by atoms with Gasteiger partial charge < -0.3 is 5.11 Å². The second-order valence-corrected chi connectivity index (χ2v) is 6.31. The second-order valence-electron chi connectivity index (χ2n) is 6.31. The lowest BCUT2D eigenvalue weighted by Crippen LogP contribution is -2.30. The Hall–Kier alpha value is -0.860. The van der Waals surface area contributed by atoms with E-state index < -0.39 is 5.97 Å². The smallest absolute Gasteiger partial charge is 0.303 e. The van der Waals surface area contributed by atoms with Crippen molar-refractivity contribution in [2.75, 3.05) is 0 Å². The van der Waals surface area contributed by atoms with Crippen LogP contribution in [0.15, 0.2) is 0 Å². The third-order valence-corrected chi connectivity index (χ3v) is 5.05. The van der Waals surface area contributed by atoms with Crippen LogP contribution in [-0.4, -0.2) is 16.9 Å². The van der Waals surface area contributed by atoms with Crippen molar-refractivity contribution < 1.29 is 14.7 Å². The normalized spacial score (nSPS) is 31.3. The molecule has 2 rings (SSSR count). The molecule has 1 N–H and O–H groups in total. The highest BCUT2D eigenvalue weighted by molar-refractivity contribution is 5.81. The number of Topliss-reactive ketones (excluding diaryl/α,β-unsaturated/α-hetero) is 1. The molecule has 2 aliphatic carbocycles. The fourth-order valence-electron chi connectivity index (χ4n) is 4.11. The average molecular weight is 266 g/mol. The monoisotopic (exact) mass is 266 g/mol. The van der Waals surface area contributed by atoms with Gasteiger partial charge in [-0.15, -0.1) is 0 Å². The van der Waals surface area contributed by atoms with E-state index in [1.807, 2.05) is 0 Å². The lowest BCUT2D eigenvalue weighted by molar-refractivity contribution is -0.137. The number of carbonyl (C=O) groups excluding carboxylic acids is 1. The first-order chi connectivity index (χ1) is 9.18. The van der Waals surface area contributed by atoms with E-state index in [1.165, 1.54) is 44.9 Å². The fourth-order valence-corrected chi connectivity index (χ4v) is 4.11. The Morgan fingerprint density at radius 2 is 1.53 bits per heavy atom. The molecule has 19 heavy (non-hydrogen) atoms. The maximum atomic E-state index is 12.4. The highest BCUT2D eigenvalue weighted by Gasteiger charge is 2.36. The first-order valence-electron chi connectivity index (χ1n) is 7.93. The summed E-state index contributed by atoms with van der Waals surface area (Å²) in [4.78, 5) is 22.9. The number of rotatable bonds is 5. The van der Waals surface area contributed by atoms with E-state index >= 15 is 0 Å². The summed E-state index contributed by atoms with van der Waals surface area (Å²) in [6, 6.07) is 0. The van der Waals surface area contributed by atoms with Crippen LogP contribution in [0.5, 0.6) is 0 Å². The molecule has 0 aromatic carbocycles. The summed E-state index contributed by atoms with van der Waals surface area (Å²) in [6.07, 6.45) is 11.1. The second kappa shape index (κ2) is 7.06. The predicted molar refractivity (Wildman–Crippen MR) is 73.9 cm³/mol. The number of carboxylic acids is 1. The van der Waals surface area contributed by atoms with Gasteiger partial charge in [0, 0.05) is 18.8 Å². The summed E-state index contributed by atoms with van der Waals surface area (Å²) in [6.45, 7) is 0. The van der Waals surface area contributed by atoms with Crippen molar-refractivity contribution in [3.05, 3.63) is 0 Å². The van der Waals surface area contributed by atoms with Crippen LogP contribution in [0.3, 0.4) is 0 Å². The van der Waals surface area contributed by atoms with Crippen molar-refractivity contribution in [3.8, 4) is 0 Å². The summed E-state index contributed by atoms with van der Waals surface area (Å²) in [5.41, 5.74) is 0.